The number of carbonyl (C=O) groups is 1. The highest BCUT2D eigenvalue weighted by atomic mass is 32.2. The van der Waals surface area contributed by atoms with Crippen molar-refractivity contribution in [3.05, 3.63) is 71.7 Å². The molecule has 0 radical (unpaired) electrons. The number of hydrogen-bond acceptors (Lipinski definition) is 7. The predicted octanol–water partition coefficient (Wildman–Crippen LogP) is 2.42. The Labute approximate surface area is 202 Å². The van der Waals surface area contributed by atoms with Crippen molar-refractivity contribution in [2.45, 2.75) is 18.7 Å². The molecule has 0 saturated carbocycles. The van der Waals surface area contributed by atoms with E-state index in [2.05, 4.69) is 10.2 Å². The zero-order chi connectivity index (χ0) is 24.6. The number of sulfonamides is 1. The zero-order valence-electron chi connectivity index (χ0n) is 19.4. The Hall–Kier alpha value is -3.54. The van der Waals surface area contributed by atoms with Crippen LogP contribution in [0, 0.1) is 13.8 Å². The fourth-order valence-electron chi connectivity index (χ4n) is 4.29. The van der Waals surface area contributed by atoms with Crippen LogP contribution in [0.5, 0.6) is 6.01 Å². The van der Waals surface area contributed by atoms with Gasteiger partial charge in [-0.1, -0.05) is 17.2 Å². The molecule has 3 aromatic heterocycles. The van der Waals surface area contributed by atoms with Crippen LogP contribution < -0.4 is 4.74 Å². The van der Waals surface area contributed by atoms with E-state index in [0.29, 0.717) is 48.9 Å². The van der Waals surface area contributed by atoms with Crippen LogP contribution >= 0.6 is 0 Å². The van der Waals surface area contributed by atoms with Crippen LogP contribution in [-0.4, -0.2) is 70.6 Å². The Morgan fingerprint density at radius 3 is 2.66 bits per heavy atom. The van der Waals surface area contributed by atoms with E-state index in [1.54, 1.807) is 40.9 Å². The first-order valence-corrected chi connectivity index (χ1v) is 12.6. The highest BCUT2D eigenvalue weighted by molar-refractivity contribution is 7.89. The Bertz CT molecular complexity index is 1500. The number of ether oxygens (including phenoxy) is 2. The molecule has 0 bridgehead atoms. The lowest BCUT2D eigenvalue weighted by Gasteiger charge is -2.26. The van der Waals surface area contributed by atoms with Crippen molar-refractivity contribution in [1.29, 1.82) is 0 Å². The van der Waals surface area contributed by atoms with E-state index in [4.69, 9.17) is 9.47 Å². The second-order valence-electron chi connectivity index (χ2n) is 8.26. The average molecular weight is 496 g/mol. The van der Waals surface area contributed by atoms with Crippen molar-refractivity contribution in [3.63, 3.8) is 0 Å². The summed E-state index contributed by atoms with van der Waals surface area (Å²) in [6.07, 6.45) is 1.76. The molecular weight excluding hydrogens is 470 g/mol. The first-order chi connectivity index (χ1) is 16.9. The minimum Gasteiger partial charge on any atom is -0.455 e. The summed E-state index contributed by atoms with van der Waals surface area (Å²) in [5.74, 6) is -0.214. The Morgan fingerprint density at radius 2 is 1.86 bits per heavy atom. The number of aryl methyl sites for hydroxylation is 1. The number of aromatic nitrogens is 4. The van der Waals surface area contributed by atoms with Crippen LogP contribution in [0.1, 0.15) is 21.7 Å². The summed E-state index contributed by atoms with van der Waals surface area (Å²) in [5, 5.41) is 8.01. The third-order valence-corrected chi connectivity index (χ3v) is 7.92. The van der Waals surface area contributed by atoms with Crippen molar-refractivity contribution in [2.75, 3.05) is 32.9 Å². The maximum absolute atomic E-state index is 13.1. The van der Waals surface area contributed by atoms with E-state index >= 15 is 0 Å². The van der Waals surface area contributed by atoms with Crippen molar-refractivity contribution >= 4 is 21.5 Å². The molecule has 1 saturated heterocycles. The van der Waals surface area contributed by atoms with Crippen LogP contribution in [0.4, 0.5) is 0 Å². The smallest absolute Gasteiger partial charge is 0.321 e. The van der Waals surface area contributed by atoms with Gasteiger partial charge in [-0.25, -0.2) is 8.42 Å². The first-order valence-electron chi connectivity index (χ1n) is 11.2. The topological polar surface area (TPSA) is 108 Å². The summed E-state index contributed by atoms with van der Waals surface area (Å²) in [6.45, 7) is 4.92. The van der Waals surface area contributed by atoms with E-state index < -0.39 is 10.0 Å². The van der Waals surface area contributed by atoms with Gasteiger partial charge in [0.2, 0.25) is 15.8 Å². The molecule has 182 valence electrons. The first kappa shape index (κ1) is 23.2. The van der Waals surface area contributed by atoms with Crippen LogP contribution in [0.2, 0.25) is 0 Å². The number of benzene rings is 1. The number of carbonyl (C=O) groups excluding carboxylic acids is 1. The highest BCUT2D eigenvalue weighted by Gasteiger charge is 2.27. The fraction of sp³-hybridized carbons (Fsp3) is 0.292. The monoisotopic (exact) mass is 495 g/mol. The zero-order valence-corrected chi connectivity index (χ0v) is 20.2. The van der Waals surface area contributed by atoms with Gasteiger partial charge in [0, 0.05) is 41.9 Å². The van der Waals surface area contributed by atoms with Crippen LogP contribution in [0.3, 0.4) is 0 Å². The molecule has 10 nitrogen and oxygen atoms in total. The Morgan fingerprint density at radius 1 is 1.06 bits per heavy atom. The van der Waals surface area contributed by atoms with Gasteiger partial charge >= 0.3 is 6.01 Å². The summed E-state index contributed by atoms with van der Waals surface area (Å²) in [4.78, 5) is 13.2. The van der Waals surface area contributed by atoms with Gasteiger partial charge in [0.1, 0.15) is 0 Å². The van der Waals surface area contributed by atoms with Gasteiger partial charge in [-0.3, -0.25) is 9.20 Å². The highest BCUT2D eigenvalue weighted by Crippen LogP contribution is 2.25. The van der Waals surface area contributed by atoms with Crippen LogP contribution in [-0.2, 0) is 14.8 Å². The summed E-state index contributed by atoms with van der Waals surface area (Å²) in [7, 11) is -3.64. The summed E-state index contributed by atoms with van der Waals surface area (Å²) in [6, 6.07) is 14.2. The lowest BCUT2D eigenvalue weighted by Crippen LogP contribution is -2.40. The molecular formula is C24H25N5O5S. The van der Waals surface area contributed by atoms with Crippen molar-refractivity contribution in [3.8, 4) is 11.7 Å². The molecule has 0 atom stereocenters. The van der Waals surface area contributed by atoms with Crippen molar-refractivity contribution in [2.24, 2.45) is 0 Å². The second-order valence-corrected chi connectivity index (χ2v) is 10.2. The lowest BCUT2D eigenvalue weighted by molar-refractivity contribution is 0.0730. The maximum Gasteiger partial charge on any atom is 0.321 e. The molecule has 0 unspecified atom stereocenters. The Kier molecular flexibility index (Phi) is 6.13. The van der Waals surface area contributed by atoms with Crippen molar-refractivity contribution in [1.82, 2.24) is 23.5 Å². The molecule has 35 heavy (non-hydrogen) atoms. The van der Waals surface area contributed by atoms with Gasteiger partial charge in [-0.15, -0.1) is 5.10 Å². The molecule has 0 aliphatic carbocycles. The SMILES string of the molecule is Cc1cc(C(=O)COc2nnc3ccccn23)c(C)n1-c1cccc(S(=O)(=O)N2CCOCC2)c1. The van der Waals surface area contributed by atoms with E-state index in [-0.39, 0.29) is 23.3 Å². The molecule has 0 spiro atoms. The molecule has 0 N–H and O–H groups in total. The number of morpholine rings is 1. The van der Waals surface area contributed by atoms with E-state index in [1.807, 2.05) is 36.6 Å². The number of rotatable bonds is 7. The number of hydrogen-bond donors (Lipinski definition) is 0. The maximum atomic E-state index is 13.1. The summed E-state index contributed by atoms with van der Waals surface area (Å²) < 4.78 is 42.2. The molecule has 4 aromatic rings. The average Bonchev–Trinajstić information content (AvgIpc) is 3.43. The molecule has 1 aromatic carbocycles. The standard InChI is InChI=1S/C24H25N5O5S/c1-17-14-21(22(30)16-34-24-26-25-23-8-3-4-9-28(23)24)18(2)29(17)19-6-5-7-20(15-19)35(31,32)27-10-12-33-13-11-27/h3-9,14-15H,10-13,16H2,1-2H3. The molecule has 1 fully saturated rings. The molecule has 0 amide bonds. The number of Topliss-reactive ketones (excluding diaryl/α,β-unsaturated/α-hetero) is 1. The quantitative estimate of drug-likeness (QED) is 0.362. The summed E-state index contributed by atoms with van der Waals surface area (Å²) in [5.41, 5.74) is 3.29. The van der Waals surface area contributed by atoms with Crippen molar-refractivity contribution < 1.29 is 22.7 Å². The van der Waals surface area contributed by atoms with Gasteiger partial charge in [0.25, 0.3) is 0 Å². The van der Waals surface area contributed by atoms with Gasteiger partial charge in [0.15, 0.2) is 12.3 Å². The predicted molar refractivity (Wildman–Crippen MR) is 128 cm³/mol. The third kappa shape index (κ3) is 4.33. The van der Waals surface area contributed by atoms with Gasteiger partial charge in [-0.2, -0.15) is 4.31 Å². The molecule has 1 aliphatic rings. The second kappa shape index (κ2) is 9.25. The normalized spacial score (nSPS) is 14.9. The van der Waals surface area contributed by atoms with E-state index in [1.165, 1.54) is 4.31 Å². The molecule has 4 heterocycles. The summed E-state index contributed by atoms with van der Waals surface area (Å²) >= 11 is 0. The fourth-order valence-corrected chi connectivity index (χ4v) is 5.74. The number of ketones is 1. The third-order valence-electron chi connectivity index (χ3n) is 6.03. The lowest BCUT2D eigenvalue weighted by atomic mass is 10.1. The van der Waals surface area contributed by atoms with Crippen LogP contribution in [0.25, 0.3) is 11.3 Å². The van der Waals surface area contributed by atoms with Gasteiger partial charge in [0.05, 0.1) is 18.1 Å². The molecule has 1 aliphatic heterocycles. The number of pyridine rings is 1. The Balaban J connectivity index is 1.39. The minimum absolute atomic E-state index is 0.203. The number of nitrogens with zero attached hydrogens (tertiary/aromatic N) is 5. The van der Waals surface area contributed by atoms with Gasteiger partial charge in [-0.05, 0) is 50.2 Å². The minimum atomic E-state index is -3.64. The van der Waals surface area contributed by atoms with E-state index in [0.717, 1.165) is 5.69 Å². The number of fused-ring (bicyclic) bond motifs is 1. The molecule has 5 rings (SSSR count). The van der Waals surface area contributed by atoms with Gasteiger partial charge < -0.3 is 14.0 Å². The molecule has 11 heteroatoms. The van der Waals surface area contributed by atoms with Crippen LogP contribution in [0.15, 0.2) is 59.6 Å². The van der Waals surface area contributed by atoms with E-state index in [9.17, 15) is 13.2 Å². The largest absolute Gasteiger partial charge is 0.455 e.